The van der Waals surface area contributed by atoms with E-state index in [4.69, 9.17) is 14.8 Å². The lowest BCUT2D eigenvalue weighted by Gasteiger charge is -2.40. The van der Waals surface area contributed by atoms with Crippen molar-refractivity contribution in [3.63, 3.8) is 0 Å². The van der Waals surface area contributed by atoms with Crippen LogP contribution in [0.1, 0.15) is 24.0 Å². The Morgan fingerprint density at radius 2 is 1.50 bits per heavy atom. The molecule has 1 aromatic heterocycles. The largest absolute Gasteiger partial charge is 0.387 e. The number of nitro benzene ring substituents is 2. The van der Waals surface area contributed by atoms with Crippen LogP contribution in [0.5, 0.6) is 0 Å². The van der Waals surface area contributed by atoms with Gasteiger partial charge >= 0.3 is 5.69 Å². The fourth-order valence-electron chi connectivity index (χ4n) is 5.45. The molecule has 0 spiro atoms. The van der Waals surface area contributed by atoms with E-state index in [1.807, 2.05) is 4.98 Å². The second-order valence-electron chi connectivity index (χ2n) is 10.2. The van der Waals surface area contributed by atoms with Gasteiger partial charge in [0.25, 0.3) is 16.9 Å². The minimum atomic E-state index is -3.32. The highest BCUT2D eigenvalue weighted by Crippen LogP contribution is 2.47. The van der Waals surface area contributed by atoms with Gasteiger partial charge in [-0.05, 0) is 12.8 Å². The quantitative estimate of drug-likeness (QED) is 0.0870. The van der Waals surface area contributed by atoms with Gasteiger partial charge in [-0.15, -0.1) is 0 Å². The summed E-state index contributed by atoms with van der Waals surface area (Å²) in [6, 6.07) is 11.6. The number of hydrogen-bond donors (Lipinski definition) is 5. The van der Waals surface area contributed by atoms with Gasteiger partial charge in [0.15, 0.2) is 11.6 Å². The van der Waals surface area contributed by atoms with Gasteiger partial charge in [0.2, 0.25) is 19.9 Å². The van der Waals surface area contributed by atoms with Crippen molar-refractivity contribution in [3.05, 3.63) is 113 Å². The molecule has 0 aliphatic carbocycles. The number of ketones is 2. The number of nitro groups is 2. The molecule has 2 heterocycles. The fourth-order valence-corrected chi connectivity index (χ4v) is 5.75. The van der Waals surface area contributed by atoms with Crippen LogP contribution < -0.4 is 16.8 Å². The number of aliphatic hydroxyl groups excluding tert-OH is 1. The predicted molar refractivity (Wildman–Crippen MR) is 157 cm³/mol. The molecule has 4 rings (SSSR count). The first-order valence-electron chi connectivity index (χ1n) is 13.5. The maximum Gasteiger partial charge on any atom is 0.331 e. The van der Waals surface area contributed by atoms with Crippen LogP contribution in [0.2, 0.25) is 0 Å². The summed E-state index contributed by atoms with van der Waals surface area (Å²) in [4.78, 5) is 86.5. The average Bonchev–Trinajstić information content (AvgIpc) is 3.25. The minimum Gasteiger partial charge on any atom is -0.387 e. The number of nitrogens with one attached hydrogen (secondary N) is 1. The van der Waals surface area contributed by atoms with Gasteiger partial charge in [-0.3, -0.25) is 49.7 Å². The topological polar surface area (TPSA) is 280 Å². The number of carbonyl (C=O) groups is 2. The van der Waals surface area contributed by atoms with Crippen molar-refractivity contribution in [3.8, 4) is 0 Å². The summed E-state index contributed by atoms with van der Waals surface area (Å²) in [5.41, 5.74) is -3.97. The molecule has 0 saturated carbocycles. The Morgan fingerprint density at radius 1 is 0.978 bits per heavy atom. The lowest BCUT2D eigenvalue weighted by Crippen LogP contribution is -2.68. The number of carbonyl (C=O) groups excluding carboxylic acids is 2. The van der Waals surface area contributed by atoms with E-state index in [-0.39, 0.29) is 35.3 Å². The first kappa shape index (κ1) is 34.3. The SMILES string of the molecule is NP(O)OC[C@H]1O[C@@](C(=O)CCc2ccccc2[N+](=O)[O-])(n2ccc(=O)[nH]c2=O)[C@@](O)(C(=O)CCc2ccccc2[N+](=O)[O-])[C@@H]1O. The molecular weight excluding hydrogens is 633 g/mol. The molecule has 244 valence electrons. The maximum absolute atomic E-state index is 14.3. The van der Waals surface area contributed by atoms with Gasteiger partial charge in [0, 0.05) is 48.4 Å². The van der Waals surface area contributed by atoms with Crippen LogP contribution in [0.4, 0.5) is 11.4 Å². The number of aromatic nitrogens is 2. The van der Waals surface area contributed by atoms with Gasteiger partial charge in [-0.2, -0.15) is 0 Å². The number of benzene rings is 2. The van der Waals surface area contributed by atoms with Crippen LogP contribution in [0.15, 0.2) is 70.4 Å². The second-order valence-corrected chi connectivity index (χ2v) is 11.1. The molecule has 1 unspecified atom stereocenters. The predicted octanol–water partition coefficient (Wildman–Crippen LogP) is 0.0949. The van der Waals surface area contributed by atoms with E-state index < -0.39 is 84.2 Å². The third kappa shape index (κ3) is 6.40. The summed E-state index contributed by atoms with van der Waals surface area (Å²) < 4.78 is 11.2. The Labute approximate surface area is 259 Å². The first-order valence-corrected chi connectivity index (χ1v) is 14.8. The van der Waals surface area contributed by atoms with Gasteiger partial charge in [-0.1, -0.05) is 36.4 Å². The summed E-state index contributed by atoms with van der Waals surface area (Å²) in [5, 5.41) is 46.7. The van der Waals surface area contributed by atoms with Crippen molar-refractivity contribution in [2.24, 2.45) is 5.50 Å². The molecule has 6 N–H and O–H groups in total. The highest BCUT2D eigenvalue weighted by Gasteiger charge is 2.73. The molecule has 46 heavy (non-hydrogen) atoms. The highest BCUT2D eigenvalue weighted by atomic mass is 31.2. The van der Waals surface area contributed by atoms with Crippen molar-refractivity contribution in [1.29, 1.82) is 0 Å². The number of H-pyrrole nitrogens is 1. The summed E-state index contributed by atoms with van der Waals surface area (Å²) in [7, 11) is -2.57. The molecule has 0 bridgehead atoms. The van der Waals surface area contributed by atoms with Crippen molar-refractivity contribution in [2.45, 2.75) is 49.2 Å². The number of para-hydroxylation sites is 2. The molecule has 1 aliphatic heterocycles. The van der Waals surface area contributed by atoms with E-state index >= 15 is 0 Å². The molecule has 5 atom stereocenters. The Balaban J connectivity index is 1.85. The molecule has 0 amide bonds. The van der Waals surface area contributed by atoms with Crippen LogP contribution in [0, 0.1) is 20.2 Å². The number of hydrogen-bond acceptors (Lipinski definition) is 14. The third-order valence-corrected chi connectivity index (χ3v) is 7.99. The van der Waals surface area contributed by atoms with E-state index in [0.717, 1.165) is 12.3 Å². The zero-order chi connectivity index (χ0) is 33.8. The number of aromatic amines is 1. The smallest absolute Gasteiger partial charge is 0.331 e. The number of ether oxygens (including phenoxy) is 1. The summed E-state index contributed by atoms with van der Waals surface area (Å²) in [6.07, 6.45) is -5.54. The Morgan fingerprint density at radius 3 is 2.00 bits per heavy atom. The fraction of sp³-hybridized carbons (Fsp3) is 0.333. The van der Waals surface area contributed by atoms with Crippen LogP contribution in [-0.2, 0) is 37.4 Å². The maximum atomic E-state index is 14.3. The number of nitrogens with two attached hydrogens (primary N) is 1. The molecule has 2 aromatic carbocycles. The summed E-state index contributed by atoms with van der Waals surface area (Å²) in [6.45, 7) is -0.795. The molecule has 19 heteroatoms. The van der Waals surface area contributed by atoms with Crippen molar-refractivity contribution in [2.75, 3.05) is 6.61 Å². The van der Waals surface area contributed by atoms with Gasteiger partial charge < -0.3 is 24.4 Å². The van der Waals surface area contributed by atoms with Crippen LogP contribution in [-0.4, -0.2) is 70.5 Å². The first-order chi connectivity index (χ1) is 21.7. The standard InChI is InChI=1S/C27H28N5O13P/c28-46(43)44-15-20-24(36)26(38,21(33)11-9-16-5-1-3-7-18(16)31(39)40)27(45-20,30-14-13-23(35)29-25(30)37)22(34)12-10-17-6-2-4-8-19(17)32(41)42/h1-8,13-14,20,24,36,38,43H,9-12,15,28H2,(H,29,35,37)/t20-,24-,26-,27-,46?/m1/s1. The second kappa shape index (κ2) is 13.8. The number of aryl methyl sites for hydroxylation is 2. The minimum absolute atomic E-state index is 0.0707. The number of Topliss-reactive ketones (excluding diaryl/α,β-unsaturated/α-hetero) is 2. The Bertz CT molecular complexity index is 1780. The zero-order valence-electron chi connectivity index (χ0n) is 23.8. The summed E-state index contributed by atoms with van der Waals surface area (Å²) in [5.74, 6) is -2.52. The Hall–Kier alpha value is -4.55. The molecule has 0 radical (unpaired) electrons. The van der Waals surface area contributed by atoms with Gasteiger partial charge in [0.05, 0.1) is 16.5 Å². The average molecular weight is 662 g/mol. The molecule has 3 aromatic rings. The number of rotatable bonds is 14. The monoisotopic (exact) mass is 661 g/mol. The zero-order valence-corrected chi connectivity index (χ0v) is 24.6. The van der Waals surface area contributed by atoms with E-state index in [1.165, 1.54) is 48.5 Å². The molecule has 1 fully saturated rings. The van der Waals surface area contributed by atoms with Crippen molar-refractivity contribution in [1.82, 2.24) is 9.55 Å². The molecule has 1 saturated heterocycles. The van der Waals surface area contributed by atoms with Crippen molar-refractivity contribution >= 4 is 31.5 Å². The van der Waals surface area contributed by atoms with Crippen molar-refractivity contribution < 1.29 is 43.8 Å². The van der Waals surface area contributed by atoms with Crippen LogP contribution >= 0.6 is 8.53 Å². The normalized spacial score (nSPS) is 23.1. The lowest BCUT2D eigenvalue weighted by molar-refractivity contribution is -0.385. The highest BCUT2D eigenvalue weighted by molar-refractivity contribution is 7.43. The van der Waals surface area contributed by atoms with E-state index in [2.05, 4.69) is 0 Å². The Kier molecular flexibility index (Phi) is 10.3. The van der Waals surface area contributed by atoms with E-state index in [1.54, 1.807) is 0 Å². The van der Waals surface area contributed by atoms with Crippen LogP contribution in [0.25, 0.3) is 0 Å². The van der Waals surface area contributed by atoms with E-state index in [9.17, 15) is 54.5 Å². The van der Waals surface area contributed by atoms with Gasteiger partial charge in [0.1, 0.15) is 12.2 Å². The number of aliphatic hydroxyl groups is 2. The molecule has 18 nitrogen and oxygen atoms in total. The molecular formula is C27H28N5O13P. The van der Waals surface area contributed by atoms with Crippen LogP contribution in [0.3, 0.4) is 0 Å². The number of nitrogens with zero attached hydrogens (tertiary/aromatic N) is 3. The lowest BCUT2D eigenvalue weighted by atomic mass is 9.76. The van der Waals surface area contributed by atoms with Gasteiger partial charge in [-0.25, -0.2) is 4.79 Å². The third-order valence-electron chi connectivity index (χ3n) is 7.58. The summed E-state index contributed by atoms with van der Waals surface area (Å²) >= 11 is 0. The molecule has 1 aliphatic rings. The van der Waals surface area contributed by atoms with E-state index in [0.29, 0.717) is 4.57 Å².